The summed E-state index contributed by atoms with van der Waals surface area (Å²) < 4.78 is 0. The first kappa shape index (κ1) is 9.32. The zero-order valence-electron chi connectivity index (χ0n) is 7.51. The molecule has 0 aliphatic heterocycles. The van der Waals surface area contributed by atoms with E-state index in [4.69, 9.17) is 0 Å². The Morgan fingerprint density at radius 3 is 3.00 bits per heavy atom. The van der Waals surface area contributed by atoms with Crippen molar-refractivity contribution in [3.05, 3.63) is 42.9 Å². The number of hydrogen-bond donors (Lipinski definition) is 0. The van der Waals surface area contributed by atoms with Crippen LogP contribution in [0.5, 0.6) is 0 Å². The molecular formula is C10H11N3. The second-order valence-electron chi connectivity index (χ2n) is 2.38. The molecule has 0 amide bonds. The summed E-state index contributed by atoms with van der Waals surface area (Å²) in [5, 5.41) is 7.43. The fraction of sp³-hybridized carbons (Fsp3) is 0.100. The van der Waals surface area contributed by atoms with Crippen molar-refractivity contribution in [2.75, 3.05) is 0 Å². The van der Waals surface area contributed by atoms with Crippen LogP contribution in [0.3, 0.4) is 0 Å². The summed E-state index contributed by atoms with van der Waals surface area (Å²) in [7, 11) is 0. The van der Waals surface area contributed by atoms with Gasteiger partial charge in [-0.1, -0.05) is 6.58 Å². The minimum Gasteiger partial charge on any atom is -0.269 e. The third kappa shape index (κ3) is 2.99. The topological polar surface area (TPSA) is 38.1 Å². The van der Waals surface area contributed by atoms with Gasteiger partial charge in [-0.2, -0.15) is 10.2 Å². The highest BCUT2D eigenvalue weighted by molar-refractivity contribution is 5.71. The van der Waals surface area contributed by atoms with Gasteiger partial charge >= 0.3 is 0 Å². The largest absolute Gasteiger partial charge is 0.269 e. The third-order valence-electron chi connectivity index (χ3n) is 1.47. The molecule has 0 spiro atoms. The first-order valence-electron chi connectivity index (χ1n) is 3.95. The number of rotatable bonds is 3. The van der Waals surface area contributed by atoms with Crippen molar-refractivity contribution in [1.82, 2.24) is 10.2 Å². The molecular weight excluding hydrogens is 162 g/mol. The number of nitrogens with zero attached hydrogens (tertiary/aromatic N) is 3. The van der Waals surface area contributed by atoms with Crippen LogP contribution in [-0.4, -0.2) is 16.4 Å². The van der Waals surface area contributed by atoms with E-state index in [-0.39, 0.29) is 0 Å². The lowest BCUT2D eigenvalue weighted by atomic mass is 10.1. The van der Waals surface area contributed by atoms with Crippen molar-refractivity contribution >= 4 is 11.8 Å². The van der Waals surface area contributed by atoms with Gasteiger partial charge in [0.05, 0.1) is 12.4 Å². The Kier molecular flexibility index (Phi) is 3.57. The predicted octanol–water partition coefficient (Wildman–Crippen LogP) is 2.09. The summed E-state index contributed by atoms with van der Waals surface area (Å²) >= 11 is 0. The maximum Gasteiger partial charge on any atom is 0.0574 e. The summed E-state index contributed by atoms with van der Waals surface area (Å²) in [6, 6.07) is 1.86. The standard InChI is InChI=1S/C10H11N3/c1-3-11-6-4-9(2)10-5-7-12-13-8-10/h3-8H,2H2,1H3/b6-4-,11-3?. The molecule has 0 bridgehead atoms. The molecule has 66 valence electrons. The van der Waals surface area contributed by atoms with Crippen LogP contribution in [0.1, 0.15) is 12.5 Å². The Bertz CT molecular complexity index is 325. The van der Waals surface area contributed by atoms with E-state index in [2.05, 4.69) is 21.8 Å². The van der Waals surface area contributed by atoms with Crippen LogP contribution < -0.4 is 0 Å². The molecule has 0 saturated carbocycles. The molecule has 0 unspecified atom stereocenters. The monoisotopic (exact) mass is 173 g/mol. The normalized spacial score (nSPS) is 11.2. The molecule has 0 aliphatic rings. The van der Waals surface area contributed by atoms with E-state index in [1.54, 1.807) is 24.8 Å². The van der Waals surface area contributed by atoms with Gasteiger partial charge in [0.25, 0.3) is 0 Å². The average Bonchev–Trinajstić information content (AvgIpc) is 2.19. The smallest absolute Gasteiger partial charge is 0.0574 e. The maximum atomic E-state index is 3.93. The van der Waals surface area contributed by atoms with Crippen LogP contribution in [0.25, 0.3) is 5.57 Å². The van der Waals surface area contributed by atoms with Gasteiger partial charge in [-0.05, 0) is 24.6 Å². The highest BCUT2D eigenvalue weighted by Crippen LogP contribution is 2.10. The number of allylic oxidation sites excluding steroid dienone is 2. The Balaban J connectivity index is 2.70. The van der Waals surface area contributed by atoms with Crippen LogP contribution in [-0.2, 0) is 0 Å². The highest BCUT2D eigenvalue weighted by Gasteiger charge is 1.92. The van der Waals surface area contributed by atoms with Gasteiger partial charge in [0, 0.05) is 18.0 Å². The molecule has 13 heavy (non-hydrogen) atoms. The van der Waals surface area contributed by atoms with Gasteiger partial charge in [-0.3, -0.25) is 4.99 Å². The third-order valence-corrected chi connectivity index (χ3v) is 1.47. The van der Waals surface area contributed by atoms with E-state index in [0.29, 0.717) is 0 Å². The quantitative estimate of drug-likeness (QED) is 0.518. The molecule has 1 heterocycles. The van der Waals surface area contributed by atoms with Crippen molar-refractivity contribution in [2.24, 2.45) is 4.99 Å². The molecule has 0 aliphatic carbocycles. The maximum absolute atomic E-state index is 3.93. The van der Waals surface area contributed by atoms with Gasteiger partial charge in [-0.25, -0.2) is 0 Å². The molecule has 0 radical (unpaired) electrons. The van der Waals surface area contributed by atoms with Crippen LogP contribution in [0, 0.1) is 0 Å². The summed E-state index contributed by atoms with van der Waals surface area (Å²) in [6.07, 6.45) is 8.55. The Labute approximate surface area is 77.5 Å². The Morgan fingerprint density at radius 2 is 2.38 bits per heavy atom. The molecule has 0 N–H and O–H groups in total. The average molecular weight is 173 g/mol. The zero-order chi connectivity index (χ0) is 9.52. The molecule has 1 rings (SSSR count). The van der Waals surface area contributed by atoms with E-state index >= 15 is 0 Å². The molecule has 0 saturated heterocycles. The molecule has 1 aromatic heterocycles. The SMILES string of the molecule is C=C(/C=C\N=CC)c1ccnnc1. The van der Waals surface area contributed by atoms with Gasteiger partial charge < -0.3 is 0 Å². The zero-order valence-corrected chi connectivity index (χ0v) is 7.51. The van der Waals surface area contributed by atoms with Crippen molar-refractivity contribution in [3.63, 3.8) is 0 Å². The van der Waals surface area contributed by atoms with Crippen LogP contribution >= 0.6 is 0 Å². The fourth-order valence-electron chi connectivity index (χ4n) is 0.796. The van der Waals surface area contributed by atoms with Gasteiger partial charge in [0.1, 0.15) is 0 Å². The van der Waals surface area contributed by atoms with E-state index in [1.165, 1.54) is 0 Å². The molecule has 3 nitrogen and oxygen atoms in total. The first-order valence-corrected chi connectivity index (χ1v) is 3.95. The molecule has 1 aromatic rings. The number of aliphatic imine (C=N–C) groups is 1. The molecule has 0 aromatic carbocycles. The first-order chi connectivity index (χ1) is 6.34. The second-order valence-corrected chi connectivity index (χ2v) is 2.38. The van der Waals surface area contributed by atoms with Crippen LogP contribution in [0.2, 0.25) is 0 Å². The number of aromatic nitrogens is 2. The van der Waals surface area contributed by atoms with E-state index in [0.717, 1.165) is 11.1 Å². The van der Waals surface area contributed by atoms with Crippen molar-refractivity contribution in [2.45, 2.75) is 6.92 Å². The van der Waals surface area contributed by atoms with Gasteiger partial charge in [0.2, 0.25) is 0 Å². The highest BCUT2D eigenvalue weighted by atomic mass is 15.1. The lowest BCUT2D eigenvalue weighted by Crippen LogP contribution is -1.83. The number of hydrogen-bond acceptors (Lipinski definition) is 3. The molecule has 3 heteroatoms. The Hall–Kier alpha value is -1.77. The summed E-state index contributed by atoms with van der Waals surface area (Å²) in [5.74, 6) is 0. The molecule has 0 fully saturated rings. The van der Waals surface area contributed by atoms with Gasteiger partial charge in [0.15, 0.2) is 0 Å². The molecule has 0 atom stereocenters. The second kappa shape index (κ2) is 4.98. The van der Waals surface area contributed by atoms with E-state index in [9.17, 15) is 0 Å². The fourth-order valence-corrected chi connectivity index (χ4v) is 0.796. The summed E-state index contributed by atoms with van der Waals surface area (Å²) in [4.78, 5) is 3.93. The summed E-state index contributed by atoms with van der Waals surface area (Å²) in [5.41, 5.74) is 1.83. The minimum absolute atomic E-state index is 0.875. The minimum atomic E-state index is 0.875. The van der Waals surface area contributed by atoms with E-state index in [1.807, 2.05) is 19.1 Å². The van der Waals surface area contributed by atoms with E-state index < -0.39 is 0 Å². The van der Waals surface area contributed by atoms with Crippen LogP contribution in [0.4, 0.5) is 0 Å². The lowest BCUT2D eigenvalue weighted by Gasteiger charge is -1.95. The van der Waals surface area contributed by atoms with Gasteiger partial charge in [-0.15, -0.1) is 0 Å². The predicted molar refractivity (Wildman–Crippen MR) is 54.4 cm³/mol. The Morgan fingerprint density at radius 1 is 1.54 bits per heavy atom. The summed E-state index contributed by atoms with van der Waals surface area (Å²) in [6.45, 7) is 5.73. The van der Waals surface area contributed by atoms with Crippen molar-refractivity contribution in [1.29, 1.82) is 0 Å². The van der Waals surface area contributed by atoms with Crippen molar-refractivity contribution < 1.29 is 0 Å². The van der Waals surface area contributed by atoms with Crippen molar-refractivity contribution in [3.8, 4) is 0 Å². The van der Waals surface area contributed by atoms with Crippen LogP contribution in [0.15, 0.2) is 42.3 Å². The lowest BCUT2D eigenvalue weighted by molar-refractivity contribution is 1.03.